The highest BCUT2D eigenvalue weighted by Crippen LogP contribution is 2.04. The number of carbonyl (C=O) groups is 3. The smallest absolute Gasteiger partial charge is 0.281 e. The number of urea groups is 1. The first-order valence-corrected chi connectivity index (χ1v) is 6.61. The Bertz CT molecular complexity index is 865. The van der Waals surface area contributed by atoms with Gasteiger partial charge in [-0.15, -0.1) is 0 Å². The first-order valence-electron chi connectivity index (χ1n) is 6.61. The maximum Gasteiger partial charge on any atom is 0.328 e. The highest BCUT2D eigenvalue weighted by Gasteiger charge is 2.38. The van der Waals surface area contributed by atoms with Gasteiger partial charge in [0.05, 0.1) is 0 Å². The Morgan fingerprint density at radius 1 is 1.00 bits per heavy atom. The van der Waals surface area contributed by atoms with E-state index in [1.54, 1.807) is 10.6 Å². The summed E-state index contributed by atoms with van der Waals surface area (Å²) in [6.45, 7) is 7.30. The van der Waals surface area contributed by atoms with Gasteiger partial charge in [0.25, 0.3) is 22.9 Å². The van der Waals surface area contributed by atoms with Gasteiger partial charge in [0.1, 0.15) is 0 Å². The molecule has 2 heterocycles. The number of rotatable bonds is 2. The Labute approximate surface area is 129 Å². The van der Waals surface area contributed by atoms with Gasteiger partial charge < -0.3 is 0 Å². The normalized spacial score (nSPS) is 16.6. The van der Waals surface area contributed by atoms with Gasteiger partial charge in [-0.3, -0.25) is 34.8 Å². The second-order valence-electron chi connectivity index (χ2n) is 3.92. The Morgan fingerprint density at radius 2 is 1.48 bits per heavy atom. The average molecular weight is 321 g/mol. The zero-order valence-corrected chi connectivity index (χ0v) is 12.7. The van der Waals surface area contributed by atoms with E-state index in [1.807, 2.05) is 13.8 Å². The molecule has 0 atom stereocenters. The van der Waals surface area contributed by atoms with E-state index in [4.69, 9.17) is 0 Å². The zero-order valence-electron chi connectivity index (χ0n) is 12.7. The van der Waals surface area contributed by atoms with Crippen LogP contribution >= 0.6 is 0 Å². The summed E-state index contributed by atoms with van der Waals surface area (Å²) in [5.41, 5.74) is -1.92. The van der Waals surface area contributed by atoms with Crippen LogP contribution in [0.4, 0.5) is 4.79 Å². The molecule has 1 aliphatic rings. The molecule has 10 nitrogen and oxygen atoms in total. The maximum atomic E-state index is 12.1. The number of hydrogen-bond acceptors (Lipinski definition) is 7. The SMILES string of the molecule is C=CN=c1c(=NC)c(=O)n(C2C(=O)NC(=O)NC2=O)c1=O.CC. The molecule has 0 aromatic carbocycles. The number of nitrogens with zero attached hydrogens (tertiary/aromatic N) is 3. The lowest BCUT2D eigenvalue weighted by atomic mass is 10.2. The van der Waals surface area contributed by atoms with Gasteiger partial charge >= 0.3 is 6.03 Å². The summed E-state index contributed by atoms with van der Waals surface area (Å²) in [6, 6.07) is -2.82. The second kappa shape index (κ2) is 7.20. The monoisotopic (exact) mass is 321 g/mol. The second-order valence-corrected chi connectivity index (χ2v) is 3.92. The van der Waals surface area contributed by atoms with Crippen molar-refractivity contribution in [1.29, 1.82) is 0 Å². The molecule has 0 bridgehead atoms. The summed E-state index contributed by atoms with van der Waals surface area (Å²) in [6.07, 6.45) is 1.03. The summed E-state index contributed by atoms with van der Waals surface area (Å²) in [7, 11) is 1.26. The van der Waals surface area contributed by atoms with E-state index in [0.29, 0.717) is 4.57 Å². The molecule has 10 heteroatoms. The van der Waals surface area contributed by atoms with Crippen LogP contribution in [0, 0.1) is 0 Å². The van der Waals surface area contributed by atoms with Gasteiger partial charge in [-0.2, -0.15) is 0 Å². The summed E-state index contributed by atoms with van der Waals surface area (Å²) >= 11 is 0. The minimum absolute atomic E-state index is 0.294. The van der Waals surface area contributed by atoms with Crippen molar-refractivity contribution < 1.29 is 14.4 Å². The largest absolute Gasteiger partial charge is 0.328 e. The van der Waals surface area contributed by atoms with Crippen molar-refractivity contribution in [2.24, 2.45) is 9.98 Å². The summed E-state index contributed by atoms with van der Waals surface area (Å²) in [5.74, 6) is -2.17. The number of carbonyl (C=O) groups excluding carboxylic acids is 3. The molecule has 4 amide bonds. The lowest BCUT2D eigenvalue weighted by Crippen LogP contribution is -2.59. The maximum absolute atomic E-state index is 12.1. The molecule has 1 aliphatic heterocycles. The van der Waals surface area contributed by atoms with Crippen molar-refractivity contribution in [3.8, 4) is 0 Å². The number of hydrogen-bond donors (Lipinski definition) is 2. The van der Waals surface area contributed by atoms with E-state index in [9.17, 15) is 24.0 Å². The van der Waals surface area contributed by atoms with Crippen molar-refractivity contribution in [3.05, 3.63) is 44.2 Å². The highest BCUT2D eigenvalue weighted by atomic mass is 16.2. The Kier molecular flexibility index (Phi) is 5.60. The molecule has 1 saturated heterocycles. The van der Waals surface area contributed by atoms with Crippen LogP contribution in [0.3, 0.4) is 0 Å². The lowest BCUT2D eigenvalue weighted by molar-refractivity contribution is -0.135. The Morgan fingerprint density at radius 3 is 1.91 bits per heavy atom. The van der Waals surface area contributed by atoms with Crippen LogP contribution in [-0.4, -0.2) is 29.5 Å². The van der Waals surface area contributed by atoms with Crippen LogP contribution in [0.5, 0.6) is 0 Å². The van der Waals surface area contributed by atoms with Crippen LogP contribution in [-0.2, 0) is 9.59 Å². The van der Waals surface area contributed by atoms with Crippen molar-refractivity contribution in [1.82, 2.24) is 15.2 Å². The standard InChI is InChI=1S/C11H9N5O5.C2H6/c1-3-13-5-4(12-2)9(19)16(10(5)20)6-7(17)14-11(21)15-8(6)18;1-2/h3,6H,1H2,2H3,(H2,14,15,17,18,21);1-2H3. The molecule has 23 heavy (non-hydrogen) atoms. The van der Waals surface area contributed by atoms with Crippen molar-refractivity contribution >= 4 is 17.8 Å². The predicted octanol–water partition coefficient (Wildman–Crippen LogP) is -2.41. The molecular formula is C13H15N5O5. The van der Waals surface area contributed by atoms with E-state index >= 15 is 0 Å². The molecule has 122 valence electrons. The van der Waals surface area contributed by atoms with Crippen molar-refractivity contribution in [3.63, 3.8) is 0 Å². The molecule has 1 aromatic heterocycles. The van der Waals surface area contributed by atoms with Gasteiger partial charge in [-0.1, -0.05) is 20.4 Å². The molecule has 2 rings (SSSR count). The first-order chi connectivity index (χ1) is 10.9. The fourth-order valence-electron chi connectivity index (χ4n) is 1.91. The van der Waals surface area contributed by atoms with E-state index in [0.717, 1.165) is 6.20 Å². The number of nitrogens with one attached hydrogen (secondary N) is 2. The third-order valence-corrected chi connectivity index (χ3v) is 2.74. The van der Waals surface area contributed by atoms with Gasteiger partial charge in [-0.05, 0) is 0 Å². The van der Waals surface area contributed by atoms with Crippen molar-refractivity contribution in [2.45, 2.75) is 19.9 Å². The van der Waals surface area contributed by atoms with Gasteiger partial charge in [0.15, 0.2) is 16.8 Å². The number of amides is 4. The quantitative estimate of drug-likeness (QED) is 0.584. The highest BCUT2D eigenvalue weighted by molar-refractivity contribution is 6.17. The third-order valence-electron chi connectivity index (χ3n) is 2.74. The predicted molar refractivity (Wildman–Crippen MR) is 78.7 cm³/mol. The van der Waals surface area contributed by atoms with Crippen molar-refractivity contribution in [2.75, 3.05) is 7.05 Å². The minimum atomic E-state index is -1.79. The summed E-state index contributed by atoms with van der Waals surface area (Å²) in [5, 5.41) is 2.99. The Balaban J connectivity index is 0.00000127. The molecule has 0 saturated carbocycles. The molecule has 0 aliphatic carbocycles. The molecule has 0 radical (unpaired) electrons. The fourth-order valence-corrected chi connectivity index (χ4v) is 1.91. The van der Waals surface area contributed by atoms with E-state index in [1.165, 1.54) is 7.05 Å². The van der Waals surface area contributed by atoms with E-state index < -0.39 is 35.0 Å². The molecule has 2 N–H and O–H groups in total. The van der Waals surface area contributed by atoms with Crippen LogP contribution < -0.4 is 32.5 Å². The van der Waals surface area contributed by atoms with Crippen LogP contribution in [0.25, 0.3) is 0 Å². The lowest BCUT2D eigenvalue weighted by Gasteiger charge is -2.20. The van der Waals surface area contributed by atoms with E-state index in [2.05, 4.69) is 16.6 Å². The van der Waals surface area contributed by atoms with Gasteiger partial charge in [0, 0.05) is 13.2 Å². The molecule has 0 unspecified atom stereocenters. The summed E-state index contributed by atoms with van der Waals surface area (Å²) in [4.78, 5) is 65.9. The minimum Gasteiger partial charge on any atom is -0.281 e. The molecular weight excluding hydrogens is 306 g/mol. The number of barbiturate groups is 1. The molecule has 0 spiro atoms. The summed E-state index contributed by atoms with van der Waals surface area (Å²) < 4.78 is 0.405. The number of aromatic nitrogens is 1. The molecule has 1 aromatic rings. The third kappa shape index (κ3) is 3.05. The fraction of sp³-hybridized carbons (Fsp3) is 0.308. The van der Waals surface area contributed by atoms with Crippen LogP contribution in [0.1, 0.15) is 19.9 Å². The van der Waals surface area contributed by atoms with Crippen LogP contribution in [0.2, 0.25) is 0 Å². The van der Waals surface area contributed by atoms with Gasteiger partial charge in [0.2, 0.25) is 0 Å². The first kappa shape index (κ1) is 17.9. The molecule has 1 fully saturated rings. The van der Waals surface area contributed by atoms with Crippen LogP contribution in [0.15, 0.2) is 32.4 Å². The topological polar surface area (TPSA) is 139 Å². The van der Waals surface area contributed by atoms with E-state index in [-0.39, 0.29) is 10.7 Å². The van der Waals surface area contributed by atoms with Gasteiger partial charge in [-0.25, -0.2) is 14.4 Å². The Hall–Kier alpha value is -3.17. The zero-order chi connectivity index (χ0) is 17.7. The average Bonchev–Trinajstić information content (AvgIpc) is 2.73. The number of imide groups is 2.